The third-order valence-electron chi connectivity index (χ3n) is 9.86. The number of ether oxygens (including phenoxy) is 1. The summed E-state index contributed by atoms with van der Waals surface area (Å²) in [5, 5.41) is 0. The van der Waals surface area contributed by atoms with E-state index < -0.39 is 0 Å². The zero-order valence-corrected chi connectivity index (χ0v) is 27.7. The van der Waals surface area contributed by atoms with Crippen LogP contribution >= 0.6 is 0 Å². The zero-order chi connectivity index (χ0) is 31.5. The predicted molar refractivity (Wildman–Crippen MR) is 179 cm³/mol. The Labute approximate surface area is 269 Å². The van der Waals surface area contributed by atoms with Crippen molar-refractivity contribution in [3.63, 3.8) is 0 Å². The van der Waals surface area contributed by atoms with Crippen molar-refractivity contribution in [2.45, 2.75) is 91.5 Å². The molecule has 0 aliphatic carbocycles. The fraction of sp³-hybridized carbons (Fsp3) is 0.583. The van der Waals surface area contributed by atoms with Gasteiger partial charge in [0.05, 0.1) is 19.7 Å². The smallest absolute Gasteiger partial charge is 0.330 e. The summed E-state index contributed by atoms with van der Waals surface area (Å²) < 4.78 is 7.36. The van der Waals surface area contributed by atoms with E-state index in [0.717, 1.165) is 55.9 Å². The molecule has 0 unspecified atom stereocenters. The van der Waals surface area contributed by atoms with Crippen molar-refractivity contribution in [1.29, 1.82) is 0 Å². The third-order valence-corrected chi connectivity index (χ3v) is 9.86. The van der Waals surface area contributed by atoms with Crippen LogP contribution in [0.1, 0.15) is 82.1 Å². The van der Waals surface area contributed by atoms with Crippen LogP contribution in [0.4, 0.5) is 0 Å². The molecule has 5 rings (SSSR count). The van der Waals surface area contributed by atoms with Gasteiger partial charge < -0.3 is 24.1 Å². The second kappa shape index (κ2) is 16.3. The molecule has 45 heavy (non-hydrogen) atoms. The molecule has 2 saturated heterocycles. The molecule has 0 atom stereocenters. The molecule has 2 aliphatic rings. The highest BCUT2D eigenvalue weighted by atomic mass is 16.5. The molecule has 2 aromatic heterocycles. The molecule has 1 aromatic carbocycles. The maximum atomic E-state index is 11.8. The first-order valence-electron chi connectivity index (χ1n) is 17.1. The van der Waals surface area contributed by atoms with E-state index in [9.17, 15) is 4.79 Å². The van der Waals surface area contributed by atoms with Crippen molar-refractivity contribution in [3.05, 3.63) is 77.9 Å². The Kier molecular flexibility index (Phi) is 12.0. The molecule has 9 heteroatoms. The number of carbonyl (C=O) groups is 1. The van der Waals surface area contributed by atoms with E-state index in [1.807, 2.05) is 37.5 Å². The Hall–Kier alpha value is -3.27. The van der Waals surface area contributed by atoms with Crippen LogP contribution in [0.25, 0.3) is 6.08 Å². The zero-order valence-electron chi connectivity index (χ0n) is 27.7. The molecule has 0 amide bonds. The highest BCUT2D eigenvalue weighted by Gasteiger charge is 2.40. The van der Waals surface area contributed by atoms with Gasteiger partial charge in [0, 0.05) is 56.5 Å². The van der Waals surface area contributed by atoms with Crippen LogP contribution < -0.4 is 0 Å². The fourth-order valence-electron chi connectivity index (χ4n) is 7.33. The Balaban J connectivity index is 1.15. The van der Waals surface area contributed by atoms with Gasteiger partial charge in [-0.2, -0.15) is 0 Å². The monoisotopic (exact) mass is 615 g/mol. The molecule has 1 N–H and O–H groups in total. The van der Waals surface area contributed by atoms with E-state index in [0.29, 0.717) is 18.6 Å². The lowest BCUT2D eigenvalue weighted by Crippen LogP contribution is -2.45. The molecular formula is C36H53N7O2. The second-order valence-electron chi connectivity index (χ2n) is 12.9. The van der Waals surface area contributed by atoms with Gasteiger partial charge in [0.25, 0.3) is 0 Å². The van der Waals surface area contributed by atoms with Crippen molar-refractivity contribution in [2.75, 3.05) is 39.3 Å². The second-order valence-corrected chi connectivity index (χ2v) is 12.9. The van der Waals surface area contributed by atoms with E-state index in [4.69, 9.17) is 9.72 Å². The highest BCUT2D eigenvalue weighted by Crippen LogP contribution is 2.41. The minimum atomic E-state index is -0.323. The van der Waals surface area contributed by atoms with Crippen molar-refractivity contribution in [3.8, 4) is 0 Å². The van der Waals surface area contributed by atoms with Crippen molar-refractivity contribution >= 4 is 12.0 Å². The minimum Gasteiger partial charge on any atom is -0.463 e. The number of benzene rings is 1. The maximum Gasteiger partial charge on any atom is 0.330 e. The van der Waals surface area contributed by atoms with Gasteiger partial charge in [0.2, 0.25) is 0 Å². The first-order chi connectivity index (χ1) is 22.0. The SMILES string of the molecule is CCOC(=O)/C=C/c1cccc(CN(Cc2ncc[nH]2)Cc2nccn2CCCN2CCC3(CCN(C(CC)CC)CC3)C2)c1. The summed E-state index contributed by atoms with van der Waals surface area (Å²) in [6.07, 6.45) is 18.8. The molecule has 3 aromatic rings. The molecule has 2 fully saturated rings. The lowest BCUT2D eigenvalue weighted by atomic mass is 9.77. The largest absolute Gasteiger partial charge is 0.463 e. The summed E-state index contributed by atoms with van der Waals surface area (Å²) in [7, 11) is 0. The summed E-state index contributed by atoms with van der Waals surface area (Å²) in [4.78, 5) is 32.2. The third kappa shape index (κ3) is 9.37. The maximum absolute atomic E-state index is 11.8. The van der Waals surface area contributed by atoms with Gasteiger partial charge in [-0.25, -0.2) is 14.8 Å². The van der Waals surface area contributed by atoms with E-state index in [-0.39, 0.29) is 5.97 Å². The number of piperidine rings is 1. The number of imidazole rings is 2. The molecule has 2 aliphatic heterocycles. The number of esters is 1. The summed E-state index contributed by atoms with van der Waals surface area (Å²) in [5.41, 5.74) is 2.68. The van der Waals surface area contributed by atoms with E-state index >= 15 is 0 Å². The van der Waals surface area contributed by atoms with Crippen molar-refractivity contribution in [1.82, 2.24) is 34.2 Å². The van der Waals surface area contributed by atoms with Crippen LogP contribution in [0.3, 0.4) is 0 Å². The first-order valence-corrected chi connectivity index (χ1v) is 17.1. The number of rotatable bonds is 16. The average Bonchev–Trinajstić information content (AvgIpc) is 3.81. The number of carbonyl (C=O) groups excluding carboxylic acids is 1. The van der Waals surface area contributed by atoms with Crippen LogP contribution in [0, 0.1) is 5.41 Å². The predicted octanol–water partition coefficient (Wildman–Crippen LogP) is 5.75. The number of hydrogen-bond acceptors (Lipinski definition) is 7. The van der Waals surface area contributed by atoms with Crippen LogP contribution in [0.2, 0.25) is 0 Å². The number of nitrogens with one attached hydrogen (secondary N) is 1. The minimum absolute atomic E-state index is 0.323. The Morgan fingerprint density at radius 2 is 1.87 bits per heavy atom. The number of hydrogen-bond donors (Lipinski definition) is 1. The van der Waals surface area contributed by atoms with Gasteiger partial charge in [-0.05, 0) is 94.2 Å². The van der Waals surface area contributed by atoms with Gasteiger partial charge in [0.1, 0.15) is 11.6 Å². The van der Waals surface area contributed by atoms with Gasteiger partial charge in [-0.15, -0.1) is 0 Å². The quantitative estimate of drug-likeness (QED) is 0.162. The molecule has 9 nitrogen and oxygen atoms in total. The summed E-state index contributed by atoms with van der Waals surface area (Å²) >= 11 is 0. The molecule has 0 bridgehead atoms. The molecule has 4 heterocycles. The number of aromatic amines is 1. The molecule has 0 radical (unpaired) electrons. The van der Waals surface area contributed by atoms with Crippen LogP contribution in [-0.2, 0) is 35.7 Å². The van der Waals surface area contributed by atoms with E-state index in [1.54, 1.807) is 6.20 Å². The average molecular weight is 616 g/mol. The number of aromatic nitrogens is 4. The molecule has 244 valence electrons. The lowest BCUT2D eigenvalue weighted by molar-refractivity contribution is -0.137. The van der Waals surface area contributed by atoms with Crippen molar-refractivity contribution < 1.29 is 9.53 Å². The number of nitrogens with zero attached hydrogens (tertiary/aromatic N) is 6. The standard InChI is InChI=1S/C36H53N7O2/c1-4-32(5-2)42-22-14-36(15-23-42)13-21-40(29-36)19-8-20-43-24-18-39-34(43)28-41(27-33-37-16-17-38-33)26-31-10-7-9-30(25-31)11-12-35(44)45-6-3/h7,9-12,16-18,24-25,32H,4-6,8,13-15,19-23,26-29H2,1-3H3,(H,37,38)/b12-11+. The number of likely N-dealkylation sites (tertiary alicyclic amines) is 2. The van der Waals surface area contributed by atoms with Gasteiger partial charge in [-0.1, -0.05) is 38.1 Å². The number of aryl methyl sites for hydroxylation is 1. The molecular weight excluding hydrogens is 562 g/mol. The molecule has 0 saturated carbocycles. The van der Waals surface area contributed by atoms with Gasteiger partial charge in [-0.3, -0.25) is 4.90 Å². The van der Waals surface area contributed by atoms with Gasteiger partial charge >= 0.3 is 5.97 Å². The fourth-order valence-corrected chi connectivity index (χ4v) is 7.33. The lowest BCUT2D eigenvalue weighted by Gasteiger charge is -2.42. The van der Waals surface area contributed by atoms with Crippen LogP contribution in [0.15, 0.2) is 55.1 Å². The Morgan fingerprint density at radius 1 is 1.04 bits per heavy atom. The topological polar surface area (TPSA) is 82.5 Å². The first kappa shape index (κ1) is 33.1. The van der Waals surface area contributed by atoms with Crippen LogP contribution in [0.5, 0.6) is 0 Å². The summed E-state index contributed by atoms with van der Waals surface area (Å²) in [6, 6.07) is 9.05. The van der Waals surface area contributed by atoms with E-state index in [1.165, 1.54) is 69.9 Å². The highest BCUT2D eigenvalue weighted by molar-refractivity contribution is 5.87. The van der Waals surface area contributed by atoms with Gasteiger partial charge in [0.15, 0.2) is 0 Å². The summed E-state index contributed by atoms with van der Waals surface area (Å²) in [5.74, 6) is 1.68. The summed E-state index contributed by atoms with van der Waals surface area (Å²) in [6.45, 7) is 16.2. The van der Waals surface area contributed by atoms with Crippen molar-refractivity contribution in [2.24, 2.45) is 5.41 Å². The Bertz CT molecular complexity index is 1340. The number of H-pyrrole nitrogens is 1. The van der Waals surface area contributed by atoms with Crippen LogP contribution in [-0.4, -0.2) is 85.6 Å². The molecule has 1 spiro atoms. The normalized spacial score (nSPS) is 17.4. The van der Waals surface area contributed by atoms with E-state index in [2.05, 4.69) is 61.4 Å². The Morgan fingerprint density at radius 3 is 2.62 bits per heavy atom.